The molecule has 0 unspecified atom stereocenters. The van der Waals surface area contributed by atoms with Crippen molar-refractivity contribution in [3.8, 4) is 0 Å². The number of nitrogens with one attached hydrogen (secondary N) is 1. The molecule has 0 saturated carbocycles. The summed E-state index contributed by atoms with van der Waals surface area (Å²) in [6, 6.07) is 9.08. The van der Waals surface area contributed by atoms with Crippen molar-refractivity contribution in [1.82, 2.24) is 5.32 Å². The maximum absolute atomic E-state index is 11.9. The maximum Gasteiger partial charge on any atom is 0.261 e. The third kappa shape index (κ3) is 3.61. The summed E-state index contributed by atoms with van der Waals surface area (Å²) >= 11 is 0. The maximum atomic E-state index is 11.9. The first-order valence-electron chi connectivity index (χ1n) is 5.74. The van der Waals surface area contributed by atoms with E-state index in [4.69, 9.17) is 15.1 Å². The zero-order valence-electron chi connectivity index (χ0n) is 10.6. The highest BCUT2D eigenvalue weighted by atomic mass is 35.7. The topological polar surface area (TPSA) is 76.4 Å². The van der Waals surface area contributed by atoms with Gasteiger partial charge in [-0.25, -0.2) is 8.42 Å². The molecule has 0 aliphatic rings. The molecule has 2 rings (SSSR count). The van der Waals surface area contributed by atoms with Crippen LogP contribution in [0.3, 0.4) is 0 Å². The summed E-state index contributed by atoms with van der Waals surface area (Å²) in [7, 11) is 1.39. The molecule has 0 bridgehead atoms. The van der Waals surface area contributed by atoms with E-state index in [-0.39, 0.29) is 17.0 Å². The Labute approximate surface area is 121 Å². The summed E-state index contributed by atoms with van der Waals surface area (Å²) in [5, 5.41) is 2.64. The number of furan rings is 1. The average Bonchev–Trinajstić information content (AvgIpc) is 2.81. The van der Waals surface area contributed by atoms with Crippen molar-refractivity contribution >= 4 is 25.6 Å². The van der Waals surface area contributed by atoms with Gasteiger partial charge < -0.3 is 9.73 Å². The van der Waals surface area contributed by atoms with Crippen molar-refractivity contribution in [2.75, 3.05) is 0 Å². The molecule has 0 spiro atoms. The predicted molar refractivity (Wildman–Crippen MR) is 74.1 cm³/mol. The van der Waals surface area contributed by atoms with E-state index in [9.17, 15) is 13.2 Å². The minimum Gasteiger partial charge on any atom is -0.465 e. The van der Waals surface area contributed by atoms with Crippen LogP contribution in [0.15, 0.2) is 45.7 Å². The first-order chi connectivity index (χ1) is 9.36. The Morgan fingerprint density at radius 1 is 1.30 bits per heavy atom. The Hall–Kier alpha value is -1.79. The quantitative estimate of drug-likeness (QED) is 0.880. The molecule has 0 fully saturated rings. The molecule has 0 aliphatic carbocycles. The van der Waals surface area contributed by atoms with Crippen molar-refractivity contribution in [3.63, 3.8) is 0 Å². The van der Waals surface area contributed by atoms with Gasteiger partial charge in [-0.1, -0.05) is 6.07 Å². The SMILES string of the molecule is Cc1ccc(CNC(=O)c2cccc(S(=O)(=O)Cl)c2)o1. The standard InChI is InChI=1S/C13H12ClNO4S/c1-9-5-6-11(19-9)8-15-13(16)10-3-2-4-12(7-10)20(14,17)18/h2-7H,8H2,1H3,(H,15,16). The smallest absolute Gasteiger partial charge is 0.261 e. The van der Waals surface area contributed by atoms with Crippen LogP contribution in [0, 0.1) is 6.92 Å². The molecule has 0 atom stereocenters. The normalized spacial score (nSPS) is 11.3. The number of benzene rings is 1. The highest BCUT2D eigenvalue weighted by molar-refractivity contribution is 8.13. The van der Waals surface area contributed by atoms with Gasteiger partial charge in [0.25, 0.3) is 15.0 Å². The Morgan fingerprint density at radius 3 is 2.65 bits per heavy atom. The van der Waals surface area contributed by atoms with Crippen LogP contribution in [0.2, 0.25) is 0 Å². The van der Waals surface area contributed by atoms with Crippen LogP contribution >= 0.6 is 10.7 Å². The molecule has 1 amide bonds. The third-order valence-electron chi connectivity index (χ3n) is 2.60. The van der Waals surface area contributed by atoms with E-state index in [0.717, 1.165) is 5.76 Å². The highest BCUT2D eigenvalue weighted by Crippen LogP contribution is 2.16. The lowest BCUT2D eigenvalue weighted by Gasteiger charge is -2.04. The van der Waals surface area contributed by atoms with Crippen LogP contribution in [-0.4, -0.2) is 14.3 Å². The Balaban J connectivity index is 2.10. The molecule has 0 radical (unpaired) electrons. The van der Waals surface area contributed by atoms with Gasteiger partial charge in [-0.15, -0.1) is 0 Å². The van der Waals surface area contributed by atoms with E-state index in [0.29, 0.717) is 5.76 Å². The van der Waals surface area contributed by atoms with E-state index in [1.807, 2.05) is 0 Å². The van der Waals surface area contributed by atoms with E-state index in [1.54, 1.807) is 19.1 Å². The molecule has 5 nitrogen and oxygen atoms in total. The van der Waals surface area contributed by atoms with Gasteiger partial charge in [-0.05, 0) is 37.3 Å². The minimum atomic E-state index is -3.85. The molecule has 7 heteroatoms. The molecule has 0 saturated heterocycles. The average molecular weight is 314 g/mol. The van der Waals surface area contributed by atoms with Crippen molar-refractivity contribution in [3.05, 3.63) is 53.5 Å². The number of hydrogen-bond donors (Lipinski definition) is 1. The van der Waals surface area contributed by atoms with E-state index in [1.165, 1.54) is 24.3 Å². The Morgan fingerprint density at radius 2 is 2.05 bits per heavy atom. The number of hydrogen-bond acceptors (Lipinski definition) is 4. The van der Waals surface area contributed by atoms with Crippen LogP contribution in [0.25, 0.3) is 0 Å². The van der Waals surface area contributed by atoms with Gasteiger partial charge in [0.2, 0.25) is 0 Å². The summed E-state index contributed by atoms with van der Waals surface area (Å²) in [5.41, 5.74) is 0.218. The lowest BCUT2D eigenvalue weighted by atomic mass is 10.2. The number of carbonyl (C=O) groups is 1. The van der Waals surface area contributed by atoms with Crippen LogP contribution in [0.5, 0.6) is 0 Å². The van der Waals surface area contributed by atoms with Gasteiger partial charge in [-0.2, -0.15) is 0 Å². The Bertz CT molecular complexity index is 736. The fourth-order valence-electron chi connectivity index (χ4n) is 1.64. The highest BCUT2D eigenvalue weighted by Gasteiger charge is 2.13. The van der Waals surface area contributed by atoms with E-state index < -0.39 is 15.0 Å². The largest absolute Gasteiger partial charge is 0.465 e. The van der Waals surface area contributed by atoms with E-state index >= 15 is 0 Å². The van der Waals surface area contributed by atoms with Gasteiger partial charge in [0.1, 0.15) is 11.5 Å². The summed E-state index contributed by atoms with van der Waals surface area (Å²) in [6.45, 7) is 2.03. The fraction of sp³-hybridized carbons (Fsp3) is 0.154. The zero-order valence-corrected chi connectivity index (χ0v) is 12.2. The number of halogens is 1. The number of rotatable bonds is 4. The lowest BCUT2D eigenvalue weighted by Crippen LogP contribution is -2.22. The molecular weight excluding hydrogens is 302 g/mol. The van der Waals surface area contributed by atoms with Crippen LogP contribution in [0.4, 0.5) is 0 Å². The molecule has 1 heterocycles. The van der Waals surface area contributed by atoms with Crippen molar-refractivity contribution in [1.29, 1.82) is 0 Å². The van der Waals surface area contributed by atoms with Crippen molar-refractivity contribution < 1.29 is 17.6 Å². The van der Waals surface area contributed by atoms with Gasteiger partial charge in [0.05, 0.1) is 11.4 Å². The molecule has 2 aromatic rings. The minimum absolute atomic E-state index is 0.111. The second-order valence-electron chi connectivity index (χ2n) is 4.16. The lowest BCUT2D eigenvalue weighted by molar-refractivity contribution is 0.0947. The van der Waals surface area contributed by atoms with E-state index in [2.05, 4.69) is 5.32 Å². The molecular formula is C13H12ClNO4S. The first-order valence-corrected chi connectivity index (χ1v) is 8.05. The first kappa shape index (κ1) is 14.6. The monoisotopic (exact) mass is 313 g/mol. The number of amides is 1. The molecule has 1 aromatic heterocycles. The predicted octanol–water partition coefficient (Wildman–Crippen LogP) is 2.45. The second-order valence-corrected chi connectivity index (χ2v) is 6.73. The van der Waals surface area contributed by atoms with Crippen molar-refractivity contribution in [2.45, 2.75) is 18.4 Å². The summed E-state index contributed by atoms with van der Waals surface area (Å²) < 4.78 is 27.7. The molecule has 1 aromatic carbocycles. The summed E-state index contributed by atoms with van der Waals surface area (Å²) in [4.78, 5) is 11.8. The summed E-state index contributed by atoms with van der Waals surface area (Å²) in [5.74, 6) is 0.975. The number of aryl methyl sites for hydroxylation is 1. The summed E-state index contributed by atoms with van der Waals surface area (Å²) in [6.07, 6.45) is 0. The van der Waals surface area contributed by atoms with Gasteiger partial charge >= 0.3 is 0 Å². The van der Waals surface area contributed by atoms with Crippen molar-refractivity contribution in [2.24, 2.45) is 0 Å². The Kier molecular flexibility index (Phi) is 4.15. The number of carbonyl (C=O) groups excluding carboxylic acids is 1. The van der Waals surface area contributed by atoms with Gasteiger partial charge in [0, 0.05) is 16.2 Å². The zero-order chi connectivity index (χ0) is 14.8. The van der Waals surface area contributed by atoms with Crippen LogP contribution in [0.1, 0.15) is 21.9 Å². The molecule has 20 heavy (non-hydrogen) atoms. The van der Waals surface area contributed by atoms with Crippen LogP contribution < -0.4 is 5.32 Å². The van der Waals surface area contributed by atoms with Gasteiger partial charge in [-0.3, -0.25) is 4.79 Å². The third-order valence-corrected chi connectivity index (χ3v) is 3.95. The molecule has 0 aliphatic heterocycles. The molecule has 106 valence electrons. The van der Waals surface area contributed by atoms with Gasteiger partial charge in [0.15, 0.2) is 0 Å². The van der Waals surface area contributed by atoms with Crippen LogP contribution in [-0.2, 0) is 15.6 Å². The second kappa shape index (κ2) is 5.68. The molecule has 1 N–H and O–H groups in total. The fourth-order valence-corrected chi connectivity index (χ4v) is 2.44.